The average molecular weight is 262 g/mol. The van der Waals surface area contributed by atoms with E-state index in [9.17, 15) is 4.79 Å². The number of benzene rings is 1. The lowest BCUT2D eigenvalue weighted by Gasteiger charge is -2.41. The van der Waals surface area contributed by atoms with Gasteiger partial charge in [-0.1, -0.05) is 19.9 Å². The number of rotatable bonds is 3. The molecule has 0 amide bonds. The third-order valence-electron chi connectivity index (χ3n) is 3.77. The van der Waals surface area contributed by atoms with E-state index in [1.165, 1.54) is 0 Å². The summed E-state index contributed by atoms with van der Waals surface area (Å²) in [5.74, 6) is 1.30. The second-order valence-electron chi connectivity index (χ2n) is 5.53. The molecule has 2 unspecified atom stereocenters. The highest BCUT2D eigenvalue weighted by atomic mass is 16.5. The van der Waals surface area contributed by atoms with Crippen molar-refractivity contribution in [2.24, 2.45) is 5.92 Å². The van der Waals surface area contributed by atoms with Crippen molar-refractivity contribution >= 4 is 17.2 Å². The van der Waals surface area contributed by atoms with E-state index in [2.05, 4.69) is 18.7 Å². The van der Waals surface area contributed by atoms with E-state index in [0.29, 0.717) is 18.2 Å². The molecule has 2 N–H and O–H groups in total. The molecular weight excluding hydrogens is 240 g/mol. The largest absolute Gasteiger partial charge is 0.486 e. The minimum Gasteiger partial charge on any atom is -0.486 e. The Bertz CT molecular complexity index is 485. The first-order valence-corrected chi connectivity index (χ1v) is 6.74. The van der Waals surface area contributed by atoms with E-state index in [1.54, 1.807) is 6.92 Å². The molecule has 1 heterocycles. The van der Waals surface area contributed by atoms with E-state index in [-0.39, 0.29) is 17.9 Å². The molecule has 0 aromatic heterocycles. The molecule has 0 saturated heterocycles. The molecule has 0 spiro atoms. The number of carbonyl (C=O) groups is 1. The van der Waals surface area contributed by atoms with Crippen molar-refractivity contribution in [3.05, 3.63) is 18.2 Å². The number of hydrogen-bond donors (Lipinski definition) is 1. The maximum Gasteiger partial charge on any atom is 0.151 e. The second kappa shape index (κ2) is 5.11. The first-order valence-electron chi connectivity index (χ1n) is 6.74. The van der Waals surface area contributed by atoms with Gasteiger partial charge in [0.2, 0.25) is 0 Å². The summed E-state index contributed by atoms with van der Waals surface area (Å²) in [5.41, 5.74) is 7.57. The number of ether oxygens (including phenoxy) is 1. The lowest BCUT2D eigenvalue weighted by molar-refractivity contribution is -0.118. The molecular formula is C15H22N2O2. The van der Waals surface area contributed by atoms with Crippen LogP contribution < -0.4 is 15.4 Å². The van der Waals surface area contributed by atoms with Gasteiger partial charge in [0.05, 0.1) is 18.3 Å². The number of para-hydroxylation sites is 1. The Kier molecular flexibility index (Phi) is 3.69. The third-order valence-corrected chi connectivity index (χ3v) is 3.77. The van der Waals surface area contributed by atoms with Gasteiger partial charge in [-0.3, -0.25) is 4.79 Å². The lowest BCUT2D eigenvalue weighted by atomic mass is 10.0. The number of ketones is 1. The normalized spacial score (nSPS) is 19.8. The number of hydrogen-bond acceptors (Lipinski definition) is 4. The average Bonchev–Trinajstić information content (AvgIpc) is 2.36. The summed E-state index contributed by atoms with van der Waals surface area (Å²) < 4.78 is 6.00. The van der Waals surface area contributed by atoms with Crippen LogP contribution in [0.1, 0.15) is 27.7 Å². The zero-order valence-electron chi connectivity index (χ0n) is 12.0. The molecule has 0 aliphatic carbocycles. The second-order valence-corrected chi connectivity index (χ2v) is 5.53. The Hall–Kier alpha value is -1.71. The van der Waals surface area contributed by atoms with Gasteiger partial charge in [0, 0.05) is 0 Å². The fourth-order valence-corrected chi connectivity index (χ4v) is 2.35. The van der Waals surface area contributed by atoms with Gasteiger partial charge in [-0.25, -0.2) is 0 Å². The van der Waals surface area contributed by atoms with E-state index < -0.39 is 0 Å². The number of nitrogen functional groups attached to an aromatic ring is 1. The highest BCUT2D eigenvalue weighted by Gasteiger charge is 2.33. The van der Waals surface area contributed by atoms with Gasteiger partial charge < -0.3 is 15.4 Å². The summed E-state index contributed by atoms with van der Waals surface area (Å²) in [5, 5.41) is 0. The molecule has 19 heavy (non-hydrogen) atoms. The maximum absolute atomic E-state index is 11.7. The standard InChI is InChI=1S/C15H22N2O2/c1-9(2)14-8-17(10(3)11(4)18)15-12(16)6-5-7-13(15)19-14/h5-7,9-10,14H,8,16H2,1-4H3. The van der Waals surface area contributed by atoms with Crippen molar-refractivity contribution in [3.8, 4) is 5.75 Å². The van der Waals surface area contributed by atoms with Crippen LogP contribution in [-0.2, 0) is 4.79 Å². The number of anilines is 2. The van der Waals surface area contributed by atoms with Crippen molar-refractivity contribution < 1.29 is 9.53 Å². The van der Waals surface area contributed by atoms with E-state index in [0.717, 1.165) is 11.4 Å². The summed E-state index contributed by atoms with van der Waals surface area (Å²) in [4.78, 5) is 13.8. The number of nitrogens with two attached hydrogens (primary N) is 1. The van der Waals surface area contributed by atoms with Crippen LogP contribution in [0.4, 0.5) is 11.4 Å². The number of fused-ring (bicyclic) bond motifs is 1. The van der Waals surface area contributed by atoms with Crippen LogP contribution in [-0.4, -0.2) is 24.5 Å². The Morgan fingerprint density at radius 3 is 2.68 bits per heavy atom. The van der Waals surface area contributed by atoms with E-state index in [1.807, 2.05) is 25.1 Å². The predicted octanol–water partition coefficient (Wildman–Crippen LogP) is 2.47. The van der Waals surface area contributed by atoms with Gasteiger partial charge in [0.1, 0.15) is 17.5 Å². The van der Waals surface area contributed by atoms with E-state index in [4.69, 9.17) is 10.5 Å². The predicted molar refractivity (Wildman–Crippen MR) is 77.6 cm³/mol. The van der Waals surface area contributed by atoms with Crippen molar-refractivity contribution in [2.75, 3.05) is 17.2 Å². The van der Waals surface area contributed by atoms with Crippen LogP contribution in [0.15, 0.2) is 18.2 Å². The molecule has 4 nitrogen and oxygen atoms in total. The first-order chi connectivity index (χ1) is 8.91. The summed E-state index contributed by atoms with van der Waals surface area (Å²) in [6.07, 6.45) is 0.0797. The SMILES string of the molecule is CC(=O)C(C)N1CC(C(C)C)Oc2cccc(N)c21. The molecule has 2 rings (SSSR count). The third kappa shape index (κ3) is 2.53. The van der Waals surface area contributed by atoms with Crippen LogP contribution in [0.5, 0.6) is 5.75 Å². The van der Waals surface area contributed by atoms with Crippen molar-refractivity contribution in [3.63, 3.8) is 0 Å². The van der Waals surface area contributed by atoms with Gasteiger partial charge in [-0.05, 0) is 31.9 Å². The molecule has 0 bridgehead atoms. The Morgan fingerprint density at radius 1 is 1.42 bits per heavy atom. The molecule has 0 radical (unpaired) electrons. The summed E-state index contributed by atoms with van der Waals surface area (Å²) in [6.45, 7) is 8.47. The first kappa shape index (κ1) is 13.7. The van der Waals surface area contributed by atoms with E-state index >= 15 is 0 Å². The number of nitrogens with zero attached hydrogens (tertiary/aromatic N) is 1. The van der Waals surface area contributed by atoms with Gasteiger partial charge >= 0.3 is 0 Å². The molecule has 104 valence electrons. The Labute approximate surface area is 114 Å². The lowest BCUT2D eigenvalue weighted by Crippen LogP contribution is -2.49. The van der Waals surface area contributed by atoms with Crippen molar-refractivity contribution in [1.29, 1.82) is 0 Å². The van der Waals surface area contributed by atoms with Crippen LogP contribution in [0.2, 0.25) is 0 Å². The van der Waals surface area contributed by atoms with Gasteiger partial charge in [-0.15, -0.1) is 0 Å². The molecule has 0 saturated carbocycles. The molecule has 1 aromatic carbocycles. The smallest absolute Gasteiger partial charge is 0.151 e. The molecule has 0 fully saturated rings. The van der Waals surface area contributed by atoms with Crippen molar-refractivity contribution in [1.82, 2.24) is 0 Å². The van der Waals surface area contributed by atoms with Crippen molar-refractivity contribution in [2.45, 2.75) is 39.8 Å². The summed E-state index contributed by atoms with van der Waals surface area (Å²) in [6, 6.07) is 5.46. The molecule has 1 aliphatic rings. The molecule has 4 heteroatoms. The Morgan fingerprint density at radius 2 is 2.11 bits per heavy atom. The highest BCUT2D eigenvalue weighted by Crippen LogP contribution is 2.40. The van der Waals surface area contributed by atoms with Crippen LogP contribution in [0, 0.1) is 5.92 Å². The summed E-state index contributed by atoms with van der Waals surface area (Å²) in [7, 11) is 0. The summed E-state index contributed by atoms with van der Waals surface area (Å²) >= 11 is 0. The topological polar surface area (TPSA) is 55.6 Å². The molecule has 1 aromatic rings. The van der Waals surface area contributed by atoms with Crippen LogP contribution >= 0.6 is 0 Å². The van der Waals surface area contributed by atoms with Gasteiger partial charge in [0.15, 0.2) is 5.78 Å². The minimum atomic E-state index is -0.186. The maximum atomic E-state index is 11.7. The minimum absolute atomic E-state index is 0.0797. The molecule has 1 aliphatic heterocycles. The highest BCUT2D eigenvalue weighted by molar-refractivity contribution is 5.88. The zero-order chi connectivity index (χ0) is 14.2. The van der Waals surface area contributed by atoms with Crippen LogP contribution in [0.25, 0.3) is 0 Å². The monoisotopic (exact) mass is 262 g/mol. The van der Waals surface area contributed by atoms with Gasteiger partial charge in [0.25, 0.3) is 0 Å². The molecule has 2 atom stereocenters. The fraction of sp³-hybridized carbons (Fsp3) is 0.533. The number of Topliss-reactive ketones (excluding diaryl/α,β-unsaturated/α-hetero) is 1. The van der Waals surface area contributed by atoms with Crippen LogP contribution in [0.3, 0.4) is 0 Å². The van der Waals surface area contributed by atoms with Gasteiger partial charge in [-0.2, -0.15) is 0 Å². The zero-order valence-corrected chi connectivity index (χ0v) is 12.0. The number of carbonyl (C=O) groups excluding carboxylic acids is 1. The fourth-order valence-electron chi connectivity index (χ4n) is 2.35. The Balaban J connectivity index is 2.45. The quantitative estimate of drug-likeness (QED) is 0.850.